The van der Waals surface area contributed by atoms with Gasteiger partial charge in [-0.05, 0) is 30.0 Å². The third-order valence-corrected chi connectivity index (χ3v) is 2.84. The molecule has 4 heteroatoms. The van der Waals surface area contributed by atoms with Crippen molar-refractivity contribution >= 4 is 5.82 Å². The first-order valence-corrected chi connectivity index (χ1v) is 6.34. The van der Waals surface area contributed by atoms with E-state index in [0.717, 1.165) is 5.56 Å². The molecule has 0 fully saturated rings. The van der Waals surface area contributed by atoms with Crippen molar-refractivity contribution in [2.75, 3.05) is 12.3 Å². The number of rotatable bonds is 5. The summed E-state index contributed by atoms with van der Waals surface area (Å²) in [4.78, 5) is 3.94. The molecule has 102 valence electrons. The first kappa shape index (κ1) is 14.9. The van der Waals surface area contributed by atoms with Crippen molar-refractivity contribution in [1.29, 1.82) is 0 Å². The maximum Gasteiger partial charge on any atom is 0.123 e. The van der Waals surface area contributed by atoms with Crippen LogP contribution in [0.2, 0.25) is 0 Å². The minimum atomic E-state index is -0.549. The Kier molecular flexibility index (Phi) is 5.11. The molecule has 0 aliphatic carbocycles. The molecule has 0 amide bonds. The maximum atomic E-state index is 10.3. The Bertz CT molecular complexity index is 374. The summed E-state index contributed by atoms with van der Waals surface area (Å²) in [5.41, 5.74) is 6.50. The molecule has 0 saturated carbocycles. The summed E-state index contributed by atoms with van der Waals surface area (Å²) < 4.78 is 5.67. The van der Waals surface area contributed by atoms with Gasteiger partial charge in [0.05, 0.1) is 12.2 Å². The third-order valence-electron chi connectivity index (χ3n) is 2.84. The van der Waals surface area contributed by atoms with Crippen LogP contribution in [0.5, 0.6) is 0 Å². The van der Waals surface area contributed by atoms with Gasteiger partial charge in [-0.15, -0.1) is 0 Å². The van der Waals surface area contributed by atoms with E-state index in [1.165, 1.54) is 0 Å². The summed E-state index contributed by atoms with van der Waals surface area (Å²) in [6.07, 6.45) is 1.43. The average Bonchev–Trinajstić information content (AvgIpc) is 2.24. The average molecular weight is 252 g/mol. The molecule has 18 heavy (non-hydrogen) atoms. The van der Waals surface area contributed by atoms with Crippen molar-refractivity contribution < 1.29 is 9.84 Å². The lowest BCUT2D eigenvalue weighted by molar-refractivity contribution is -0.0873. The van der Waals surface area contributed by atoms with Gasteiger partial charge in [-0.3, -0.25) is 0 Å². The molecule has 0 aliphatic heterocycles. The molecule has 4 nitrogen and oxygen atoms in total. The zero-order valence-corrected chi connectivity index (χ0v) is 11.7. The van der Waals surface area contributed by atoms with E-state index in [2.05, 4.69) is 25.8 Å². The van der Waals surface area contributed by atoms with E-state index in [-0.39, 0.29) is 11.5 Å². The Morgan fingerprint density at radius 1 is 1.44 bits per heavy atom. The second-order valence-electron chi connectivity index (χ2n) is 5.60. The molecule has 1 heterocycles. The fourth-order valence-corrected chi connectivity index (χ4v) is 2.09. The summed E-state index contributed by atoms with van der Waals surface area (Å²) in [7, 11) is 0. The Morgan fingerprint density at radius 2 is 2.11 bits per heavy atom. The molecule has 0 bridgehead atoms. The van der Waals surface area contributed by atoms with Crippen molar-refractivity contribution in [2.24, 2.45) is 5.41 Å². The van der Waals surface area contributed by atoms with Gasteiger partial charge in [0.2, 0.25) is 0 Å². The molecule has 2 unspecified atom stereocenters. The highest BCUT2D eigenvalue weighted by Gasteiger charge is 2.31. The zero-order valence-electron chi connectivity index (χ0n) is 11.7. The molecular formula is C14H24N2O2. The van der Waals surface area contributed by atoms with E-state index in [1.54, 1.807) is 12.3 Å². The Labute approximate surface area is 109 Å². The highest BCUT2D eigenvalue weighted by molar-refractivity contribution is 5.32. The summed E-state index contributed by atoms with van der Waals surface area (Å²) >= 11 is 0. The van der Waals surface area contributed by atoms with E-state index in [1.807, 2.05) is 13.0 Å². The number of hydrogen-bond donors (Lipinski definition) is 2. The van der Waals surface area contributed by atoms with Gasteiger partial charge in [-0.25, -0.2) is 4.98 Å². The molecule has 0 spiro atoms. The van der Waals surface area contributed by atoms with Crippen LogP contribution in [-0.4, -0.2) is 28.9 Å². The van der Waals surface area contributed by atoms with Crippen LogP contribution in [0.3, 0.4) is 0 Å². The number of aliphatic hydroxyl groups excluding tert-OH is 1. The molecule has 3 N–H and O–H groups in total. The lowest BCUT2D eigenvalue weighted by atomic mass is 9.84. The molecule has 0 aliphatic rings. The smallest absolute Gasteiger partial charge is 0.123 e. The number of aliphatic hydroxyl groups is 1. The van der Waals surface area contributed by atoms with Crippen LogP contribution in [0.25, 0.3) is 0 Å². The van der Waals surface area contributed by atoms with Gasteiger partial charge in [0.15, 0.2) is 0 Å². The van der Waals surface area contributed by atoms with Gasteiger partial charge in [0.25, 0.3) is 0 Å². The maximum absolute atomic E-state index is 10.3. The lowest BCUT2D eigenvalue weighted by Crippen LogP contribution is -2.41. The van der Waals surface area contributed by atoms with Crippen molar-refractivity contribution in [3.8, 4) is 0 Å². The standard InChI is InChI=1S/C14H24N2O2/c1-5-18-13(14(2,3)4)11(17)8-10-6-7-16-12(15)9-10/h6-7,9,11,13,17H,5,8H2,1-4H3,(H2,15,16). The normalized spacial score (nSPS) is 15.4. The largest absolute Gasteiger partial charge is 0.390 e. The van der Waals surface area contributed by atoms with Crippen LogP contribution >= 0.6 is 0 Å². The van der Waals surface area contributed by atoms with Gasteiger partial charge in [-0.1, -0.05) is 20.8 Å². The number of hydrogen-bond acceptors (Lipinski definition) is 4. The summed E-state index contributed by atoms with van der Waals surface area (Å²) in [5, 5.41) is 10.3. The van der Waals surface area contributed by atoms with Crippen LogP contribution < -0.4 is 5.73 Å². The Morgan fingerprint density at radius 3 is 2.61 bits per heavy atom. The van der Waals surface area contributed by atoms with Crippen molar-refractivity contribution in [3.05, 3.63) is 23.9 Å². The fraction of sp³-hybridized carbons (Fsp3) is 0.643. The predicted octanol–water partition coefficient (Wildman–Crippen LogP) is 2.02. The number of anilines is 1. The Balaban J connectivity index is 2.75. The molecule has 1 aromatic rings. The van der Waals surface area contributed by atoms with E-state index in [0.29, 0.717) is 18.8 Å². The van der Waals surface area contributed by atoms with Crippen molar-refractivity contribution in [1.82, 2.24) is 4.98 Å². The van der Waals surface area contributed by atoms with Crippen molar-refractivity contribution in [3.63, 3.8) is 0 Å². The molecule has 0 saturated heterocycles. The number of nitrogens with zero attached hydrogens (tertiary/aromatic N) is 1. The van der Waals surface area contributed by atoms with Crippen LogP contribution in [-0.2, 0) is 11.2 Å². The summed E-state index contributed by atoms with van der Waals surface area (Å²) in [5.74, 6) is 0.475. The number of aromatic nitrogens is 1. The van der Waals surface area contributed by atoms with Crippen LogP contribution in [0, 0.1) is 5.41 Å². The summed E-state index contributed by atoms with van der Waals surface area (Å²) in [6, 6.07) is 3.65. The van der Waals surface area contributed by atoms with Gasteiger partial charge in [-0.2, -0.15) is 0 Å². The summed E-state index contributed by atoms with van der Waals surface area (Å²) in [6.45, 7) is 8.74. The highest BCUT2D eigenvalue weighted by atomic mass is 16.5. The van der Waals surface area contributed by atoms with Gasteiger partial charge >= 0.3 is 0 Å². The molecule has 1 aromatic heterocycles. The molecule has 0 aromatic carbocycles. The van der Waals surface area contributed by atoms with E-state index < -0.39 is 6.10 Å². The minimum Gasteiger partial charge on any atom is -0.390 e. The molecule has 0 radical (unpaired) electrons. The quantitative estimate of drug-likeness (QED) is 0.841. The Hall–Kier alpha value is -1.13. The molecule has 2 atom stereocenters. The van der Waals surface area contributed by atoms with Crippen molar-refractivity contribution in [2.45, 2.75) is 46.3 Å². The topological polar surface area (TPSA) is 68.4 Å². The zero-order chi connectivity index (χ0) is 13.8. The monoisotopic (exact) mass is 252 g/mol. The van der Waals surface area contributed by atoms with E-state index >= 15 is 0 Å². The third kappa shape index (κ3) is 4.27. The first-order chi connectivity index (χ1) is 8.34. The number of pyridine rings is 1. The van der Waals surface area contributed by atoms with Crippen LogP contribution in [0.1, 0.15) is 33.3 Å². The fourth-order valence-electron chi connectivity index (χ4n) is 2.09. The number of nitrogens with two attached hydrogens (primary N) is 1. The SMILES string of the molecule is CCOC(C(O)Cc1ccnc(N)c1)C(C)(C)C. The highest BCUT2D eigenvalue weighted by Crippen LogP contribution is 2.26. The minimum absolute atomic E-state index is 0.103. The van der Waals surface area contributed by atoms with Gasteiger partial charge in [0.1, 0.15) is 5.82 Å². The second-order valence-corrected chi connectivity index (χ2v) is 5.60. The van der Waals surface area contributed by atoms with E-state index in [4.69, 9.17) is 10.5 Å². The lowest BCUT2D eigenvalue weighted by Gasteiger charge is -2.34. The predicted molar refractivity (Wildman–Crippen MR) is 73.2 cm³/mol. The van der Waals surface area contributed by atoms with Crippen LogP contribution in [0.4, 0.5) is 5.82 Å². The molecule has 1 rings (SSSR count). The van der Waals surface area contributed by atoms with Gasteiger partial charge < -0.3 is 15.6 Å². The number of ether oxygens (including phenoxy) is 1. The number of nitrogen functional groups attached to an aromatic ring is 1. The molecular weight excluding hydrogens is 228 g/mol. The second kappa shape index (κ2) is 6.16. The first-order valence-electron chi connectivity index (χ1n) is 6.34. The van der Waals surface area contributed by atoms with E-state index in [9.17, 15) is 5.11 Å². The van der Waals surface area contributed by atoms with Gasteiger partial charge in [0, 0.05) is 19.2 Å². The van der Waals surface area contributed by atoms with Crippen LogP contribution in [0.15, 0.2) is 18.3 Å².